The lowest BCUT2D eigenvalue weighted by molar-refractivity contribution is 0.535. The van der Waals surface area contributed by atoms with Crippen molar-refractivity contribution in [2.45, 2.75) is 13.0 Å². The number of nitrogens with zero attached hydrogens (tertiary/aromatic N) is 2. The van der Waals surface area contributed by atoms with Gasteiger partial charge in [-0.2, -0.15) is 16.7 Å². The van der Waals surface area contributed by atoms with Gasteiger partial charge >= 0.3 is 0 Å². The van der Waals surface area contributed by atoms with Crippen LogP contribution >= 0.6 is 11.8 Å². The molecule has 1 fully saturated rings. The molecule has 0 saturated carbocycles. The van der Waals surface area contributed by atoms with Crippen molar-refractivity contribution in [2.24, 2.45) is 0 Å². The van der Waals surface area contributed by atoms with Crippen LogP contribution in [0.5, 0.6) is 0 Å². The maximum atomic E-state index is 5.48. The minimum Gasteiger partial charge on any atom is -0.432 e. The molecule has 0 aliphatic carbocycles. The van der Waals surface area contributed by atoms with E-state index in [4.69, 9.17) is 4.42 Å². The third-order valence-corrected chi connectivity index (χ3v) is 3.44. The molecule has 0 bridgehead atoms. The van der Waals surface area contributed by atoms with Gasteiger partial charge in [0.1, 0.15) is 6.26 Å². The number of rotatable bonds is 3. The number of anilines is 1. The Hall–Kier alpha value is -0.680. The van der Waals surface area contributed by atoms with Crippen LogP contribution in [0.3, 0.4) is 0 Å². The van der Waals surface area contributed by atoms with E-state index in [0.29, 0.717) is 0 Å². The van der Waals surface area contributed by atoms with Crippen LogP contribution in [0.15, 0.2) is 10.7 Å². The van der Waals surface area contributed by atoms with Gasteiger partial charge in [-0.1, -0.05) is 0 Å². The second-order valence-corrected chi connectivity index (χ2v) is 4.83. The van der Waals surface area contributed by atoms with E-state index >= 15 is 0 Å². The summed E-state index contributed by atoms with van der Waals surface area (Å²) in [7, 11) is 1.91. The molecule has 0 atom stereocenters. The number of nitrogens with one attached hydrogen (secondary N) is 1. The molecule has 84 valence electrons. The van der Waals surface area contributed by atoms with Crippen molar-refractivity contribution < 1.29 is 4.42 Å². The van der Waals surface area contributed by atoms with E-state index in [9.17, 15) is 0 Å². The Balaban J connectivity index is 2.00. The van der Waals surface area contributed by atoms with Crippen molar-refractivity contribution in [3.63, 3.8) is 0 Å². The quantitative estimate of drug-likeness (QED) is 0.844. The van der Waals surface area contributed by atoms with Gasteiger partial charge in [0, 0.05) is 25.4 Å². The molecule has 1 aromatic rings. The highest BCUT2D eigenvalue weighted by molar-refractivity contribution is 7.99. The van der Waals surface area contributed by atoms with Gasteiger partial charge < -0.3 is 14.6 Å². The van der Waals surface area contributed by atoms with E-state index in [1.54, 1.807) is 6.26 Å². The van der Waals surface area contributed by atoms with Crippen molar-refractivity contribution in [3.8, 4) is 0 Å². The Morgan fingerprint density at radius 1 is 1.53 bits per heavy atom. The van der Waals surface area contributed by atoms with Gasteiger partial charge in [0.05, 0.1) is 5.69 Å². The Morgan fingerprint density at radius 3 is 3.33 bits per heavy atom. The van der Waals surface area contributed by atoms with Crippen LogP contribution in [-0.2, 0) is 6.54 Å². The average Bonchev–Trinajstić information content (AvgIpc) is 2.53. The summed E-state index contributed by atoms with van der Waals surface area (Å²) in [6.45, 7) is 2.88. The lowest BCUT2D eigenvalue weighted by Crippen LogP contribution is -2.25. The fourth-order valence-corrected chi connectivity index (χ4v) is 2.53. The van der Waals surface area contributed by atoms with Gasteiger partial charge in [0.25, 0.3) is 6.01 Å². The fraction of sp³-hybridized carbons (Fsp3) is 0.700. The van der Waals surface area contributed by atoms with Crippen molar-refractivity contribution in [3.05, 3.63) is 12.0 Å². The molecule has 1 aliphatic heterocycles. The fourth-order valence-electron chi connectivity index (χ4n) is 1.64. The largest absolute Gasteiger partial charge is 0.432 e. The molecule has 4 nitrogen and oxygen atoms in total. The second-order valence-electron chi connectivity index (χ2n) is 3.60. The zero-order valence-electron chi connectivity index (χ0n) is 9.03. The number of thioether (sulfide) groups is 1. The average molecular weight is 227 g/mol. The van der Waals surface area contributed by atoms with Gasteiger partial charge in [-0.3, -0.25) is 0 Å². The van der Waals surface area contributed by atoms with Crippen LogP contribution in [-0.4, -0.2) is 36.6 Å². The van der Waals surface area contributed by atoms with Gasteiger partial charge in [0.15, 0.2) is 0 Å². The molecule has 5 heteroatoms. The molecule has 0 amide bonds. The molecule has 1 aliphatic rings. The first-order valence-electron chi connectivity index (χ1n) is 5.32. The molecule has 0 unspecified atom stereocenters. The summed E-state index contributed by atoms with van der Waals surface area (Å²) in [5.74, 6) is 2.42. The molecular formula is C10H17N3OS. The standard InChI is InChI=1S/C10H17N3OS/c1-11-7-9-8-14-10(12-9)13-3-2-5-15-6-4-13/h8,11H,2-7H2,1H3. The van der Waals surface area contributed by atoms with Crippen molar-refractivity contribution in [1.82, 2.24) is 10.3 Å². The van der Waals surface area contributed by atoms with Gasteiger partial charge in [-0.05, 0) is 19.2 Å². The lowest BCUT2D eigenvalue weighted by atomic mass is 10.4. The van der Waals surface area contributed by atoms with Gasteiger partial charge in [0.2, 0.25) is 0 Å². The molecule has 2 rings (SSSR count). The maximum absolute atomic E-state index is 5.48. The molecular weight excluding hydrogens is 210 g/mol. The first-order chi connectivity index (χ1) is 7.40. The maximum Gasteiger partial charge on any atom is 0.297 e. The lowest BCUT2D eigenvalue weighted by Gasteiger charge is -2.16. The number of hydrogen-bond acceptors (Lipinski definition) is 5. The monoisotopic (exact) mass is 227 g/mol. The van der Waals surface area contributed by atoms with E-state index in [1.165, 1.54) is 17.9 Å². The molecule has 1 aromatic heterocycles. The normalized spacial score (nSPS) is 17.8. The van der Waals surface area contributed by atoms with E-state index in [0.717, 1.165) is 31.3 Å². The minimum atomic E-state index is 0.770. The van der Waals surface area contributed by atoms with E-state index in [2.05, 4.69) is 15.2 Å². The van der Waals surface area contributed by atoms with E-state index in [1.807, 2.05) is 18.8 Å². The Kier molecular flexibility index (Phi) is 3.91. The summed E-state index contributed by atoms with van der Waals surface area (Å²) < 4.78 is 5.48. The highest BCUT2D eigenvalue weighted by Gasteiger charge is 2.14. The van der Waals surface area contributed by atoms with Crippen LogP contribution in [0.25, 0.3) is 0 Å². The molecule has 0 radical (unpaired) electrons. The summed E-state index contributed by atoms with van der Waals surface area (Å²) in [5, 5.41) is 3.07. The van der Waals surface area contributed by atoms with Crippen molar-refractivity contribution in [2.75, 3.05) is 36.5 Å². The Labute approximate surface area is 94.4 Å². The predicted octanol–water partition coefficient (Wildman–Crippen LogP) is 1.34. The van der Waals surface area contributed by atoms with Crippen LogP contribution in [0.1, 0.15) is 12.1 Å². The van der Waals surface area contributed by atoms with Gasteiger partial charge in [-0.25, -0.2) is 0 Å². The first-order valence-corrected chi connectivity index (χ1v) is 6.47. The Bertz CT molecular complexity index is 295. The minimum absolute atomic E-state index is 0.770. The van der Waals surface area contributed by atoms with E-state index in [-0.39, 0.29) is 0 Å². The molecule has 1 saturated heterocycles. The van der Waals surface area contributed by atoms with Crippen LogP contribution in [0.2, 0.25) is 0 Å². The summed E-state index contributed by atoms with van der Waals surface area (Å²) in [6, 6.07) is 0.780. The summed E-state index contributed by atoms with van der Waals surface area (Å²) in [4.78, 5) is 6.69. The predicted molar refractivity (Wildman–Crippen MR) is 63.4 cm³/mol. The van der Waals surface area contributed by atoms with Crippen LogP contribution < -0.4 is 10.2 Å². The number of aromatic nitrogens is 1. The highest BCUT2D eigenvalue weighted by atomic mass is 32.2. The second kappa shape index (κ2) is 5.42. The Morgan fingerprint density at radius 2 is 2.47 bits per heavy atom. The molecule has 2 heterocycles. The molecule has 0 spiro atoms. The van der Waals surface area contributed by atoms with Crippen LogP contribution in [0, 0.1) is 0 Å². The highest BCUT2D eigenvalue weighted by Crippen LogP contribution is 2.18. The summed E-state index contributed by atoms with van der Waals surface area (Å²) >= 11 is 2.01. The third-order valence-electron chi connectivity index (χ3n) is 2.39. The first kappa shape index (κ1) is 10.8. The molecule has 0 aromatic carbocycles. The third kappa shape index (κ3) is 2.89. The zero-order chi connectivity index (χ0) is 10.5. The smallest absolute Gasteiger partial charge is 0.297 e. The SMILES string of the molecule is CNCc1coc(N2CCCSCC2)n1. The zero-order valence-corrected chi connectivity index (χ0v) is 9.85. The topological polar surface area (TPSA) is 41.3 Å². The van der Waals surface area contributed by atoms with Gasteiger partial charge in [-0.15, -0.1) is 0 Å². The number of hydrogen-bond donors (Lipinski definition) is 1. The molecule has 1 N–H and O–H groups in total. The van der Waals surface area contributed by atoms with E-state index < -0.39 is 0 Å². The molecule has 15 heavy (non-hydrogen) atoms. The summed E-state index contributed by atoms with van der Waals surface area (Å²) in [5.41, 5.74) is 0.976. The van der Waals surface area contributed by atoms with Crippen molar-refractivity contribution >= 4 is 17.8 Å². The number of oxazole rings is 1. The van der Waals surface area contributed by atoms with Crippen LogP contribution in [0.4, 0.5) is 6.01 Å². The summed E-state index contributed by atoms with van der Waals surface area (Å²) in [6.07, 6.45) is 2.96. The van der Waals surface area contributed by atoms with Crippen molar-refractivity contribution in [1.29, 1.82) is 0 Å².